The lowest BCUT2D eigenvalue weighted by Gasteiger charge is -2.08. The second-order valence-electron chi connectivity index (χ2n) is 3.39. The van der Waals surface area contributed by atoms with Crippen molar-refractivity contribution in [2.75, 3.05) is 0 Å². The Hall–Kier alpha value is -1.22. The van der Waals surface area contributed by atoms with Gasteiger partial charge in [0.25, 0.3) is 0 Å². The van der Waals surface area contributed by atoms with Crippen LogP contribution in [0.25, 0.3) is 10.9 Å². The van der Waals surface area contributed by atoms with Crippen LogP contribution in [0.1, 0.15) is 11.3 Å². The molecule has 0 N–H and O–H groups in total. The van der Waals surface area contributed by atoms with Crippen molar-refractivity contribution in [2.45, 2.75) is 13.8 Å². The average Bonchev–Trinajstić information content (AvgIpc) is 2.20. The van der Waals surface area contributed by atoms with E-state index < -0.39 is 11.6 Å². The fourth-order valence-electron chi connectivity index (χ4n) is 1.46. The van der Waals surface area contributed by atoms with Crippen molar-refractivity contribution in [2.24, 2.45) is 0 Å². The lowest BCUT2D eigenvalue weighted by molar-refractivity contribution is 0.615. The van der Waals surface area contributed by atoms with Crippen molar-refractivity contribution in [3.05, 3.63) is 40.0 Å². The van der Waals surface area contributed by atoms with Gasteiger partial charge in [-0.2, -0.15) is 0 Å². The van der Waals surface area contributed by atoms with Crippen LogP contribution >= 0.6 is 11.6 Å². The van der Waals surface area contributed by atoms with E-state index in [0.717, 1.165) is 12.1 Å². The summed E-state index contributed by atoms with van der Waals surface area (Å²) in [5.41, 5.74) is 1.27. The van der Waals surface area contributed by atoms with Crippen LogP contribution in [0, 0.1) is 25.5 Å². The molecule has 0 saturated heterocycles. The lowest BCUT2D eigenvalue weighted by Crippen LogP contribution is -1.95. The molecule has 2 rings (SSSR count). The highest BCUT2D eigenvalue weighted by Crippen LogP contribution is 2.30. The number of halogens is 3. The van der Waals surface area contributed by atoms with Crippen molar-refractivity contribution >= 4 is 22.5 Å². The normalized spacial score (nSPS) is 11.0. The molecule has 0 radical (unpaired) electrons. The predicted molar refractivity (Wildman–Crippen MR) is 56.1 cm³/mol. The monoisotopic (exact) mass is 227 g/mol. The van der Waals surface area contributed by atoms with Crippen LogP contribution in [0.3, 0.4) is 0 Å². The first kappa shape index (κ1) is 10.3. The molecule has 0 aliphatic rings. The Morgan fingerprint density at radius 1 is 1.13 bits per heavy atom. The molecule has 0 bridgehead atoms. The number of pyridine rings is 1. The molecule has 1 heterocycles. The molecule has 0 fully saturated rings. The fraction of sp³-hybridized carbons (Fsp3) is 0.182. The number of hydrogen-bond donors (Lipinski definition) is 0. The van der Waals surface area contributed by atoms with E-state index in [1.54, 1.807) is 13.8 Å². The third-order valence-corrected chi connectivity index (χ3v) is 2.92. The van der Waals surface area contributed by atoms with E-state index in [1.165, 1.54) is 0 Å². The summed E-state index contributed by atoms with van der Waals surface area (Å²) in [6.07, 6.45) is 0. The SMILES string of the molecule is Cc1nc2c(F)ccc(F)c2c(Cl)c1C. The molecule has 0 amide bonds. The van der Waals surface area contributed by atoms with Gasteiger partial charge < -0.3 is 0 Å². The molecule has 1 nitrogen and oxygen atoms in total. The first-order chi connectivity index (χ1) is 7.02. The summed E-state index contributed by atoms with van der Waals surface area (Å²) < 4.78 is 26.8. The Balaban J connectivity index is 3.04. The quantitative estimate of drug-likeness (QED) is 0.667. The Kier molecular flexibility index (Phi) is 2.35. The van der Waals surface area contributed by atoms with Crippen molar-refractivity contribution in [1.82, 2.24) is 4.98 Å². The van der Waals surface area contributed by atoms with Gasteiger partial charge >= 0.3 is 0 Å². The van der Waals surface area contributed by atoms with Gasteiger partial charge in [0.05, 0.1) is 10.4 Å². The van der Waals surface area contributed by atoms with Crippen LogP contribution in [0.2, 0.25) is 5.02 Å². The third kappa shape index (κ3) is 1.47. The number of aromatic nitrogens is 1. The van der Waals surface area contributed by atoms with Crippen LogP contribution in [0.5, 0.6) is 0 Å². The minimum absolute atomic E-state index is 0.0110. The van der Waals surface area contributed by atoms with Crippen molar-refractivity contribution < 1.29 is 8.78 Å². The predicted octanol–water partition coefficient (Wildman–Crippen LogP) is 3.78. The largest absolute Gasteiger partial charge is 0.250 e. The molecule has 0 aliphatic carbocycles. The van der Waals surface area contributed by atoms with Gasteiger partial charge in [-0.25, -0.2) is 13.8 Å². The second-order valence-corrected chi connectivity index (χ2v) is 3.77. The Morgan fingerprint density at radius 2 is 1.73 bits per heavy atom. The molecular formula is C11H8ClF2N. The molecule has 78 valence electrons. The second kappa shape index (κ2) is 3.42. The molecule has 2 aromatic rings. The summed E-state index contributed by atoms with van der Waals surface area (Å²) in [6, 6.07) is 2.11. The topological polar surface area (TPSA) is 12.9 Å². The van der Waals surface area contributed by atoms with E-state index in [0.29, 0.717) is 11.3 Å². The molecule has 1 aromatic carbocycles. The van der Waals surface area contributed by atoms with Gasteiger partial charge in [-0.05, 0) is 31.5 Å². The van der Waals surface area contributed by atoms with E-state index in [4.69, 9.17) is 11.6 Å². The van der Waals surface area contributed by atoms with E-state index in [1.807, 2.05) is 0 Å². The van der Waals surface area contributed by atoms with Gasteiger partial charge in [0.1, 0.15) is 17.2 Å². The highest BCUT2D eigenvalue weighted by atomic mass is 35.5. The van der Waals surface area contributed by atoms with Gasteiger partial charge in [0.2, 0.25) is 0 Å². The molecule has 0 aliphatic heterocycles. The van der Waals surface area contributed by atoms with E-state index >= 15 is 0 Å². The summed E-state index contributed by atoms with van der Waals surface area (Å²) in [6.45, 7) is 3.44. The molecule has 0 atom stereocenters. The summed E-state index contributed by atoms with van der Waals surface area (Å²) in [5.74, 6) is -1.11. The average molecular weight is 228 g/mol. The molecule has 4 heteroatoms. The summed E-state index contributed by atoms with van der Waals surface area (Å²) in [4.78, 5) is 4.00. The number of hydrogen-bond acceptors (Lipinski definition) is 1. The highest BCUT2D eigenvalue weighted by Gasteiger charge is 2.14. The first-order valence-electron chi connectivity index (χ1n) is 4.42. The smallest absolute Gasteiger partial charge is 0.149 e. The summed E-state index contributed by atoms with van der Waals surface area (Å²) in [7, 11) is 0. The Labute approximate surface area is 90.7 Å². The zero-order chi connectivity index (χ0) is 11.2. The molecule has 0 saturated carbocycles. The maximum atomic E-state index is 13.4. The maximum absolute atomic E-state index is 13.4. The number of fused-ring (bicyclic) bond motifs is 1. The van der Waals surface area contributed by atoms with Crippen molar-refractivity contribution in [3.63, 3.8) is 0 Å². The van der Waals surface area contributed by atoms with Gasteiger partial charge in [0.15, 0.2) is 0 Å². The van der Waals surface area contributed by atoms with Crippen molar-refractivity contribution in [1.29, 1.82) is 0 Å². The van der Waals surface area contributed by atoms with E-state index in [-0.39, 0.29) is 15.9 Å². The minimum Gasteiger partial charge on any atom is -0.250 e. The summed E-state index contributed by atoms with van der Waals surface area (Å²) in [5, 5.41) is 0.286. The first-order valence-corrected chi connectivity index (χ1v) is 4.80. The standard InChI is InChI=1S/C11H8ClF2N/c1-5-6(2)15-11-8(14)4-3-7(13)9(11)10(5)12/h3-4H,1-2H3. The number of rotatable bonds is 0. The molecule has 0 spiro atoms. The van der Waals surface area contributed by atoms with Crippen LogP contribution in [-0.2, 0) is 0 Å². The van der Waals surface area contributed by atoms with E-state index in [9.17, 15) is 8.78 Å². The van der Waals surface area contributed by atoms with Crippen LogP contribution < -0.4 is 0 Å². The molecule has 15 heavy (non-hydrogen) atoms. The Bertz CT molecular complexity index is 552. The van der Waals surface area contributed by atoms with Gasteiger partial charge in [-0.1, -0.05) is 11.6 Å². The lowest BCUT2D eigenvalue weighted by atomic mass is 10.1. The molecule has 0 unspecified atom stereocenters. The maximum Gasteiger partial charge on any atom is 0.149 e. The zero-order valence-corrected chi connectivity index (χ0v) is 8.99. The molecule has 1 aromatic heterocycles. The van der Waals surface area contributed by atoms with E-state index in [2.05, 4.69) is 4.98 Å². The Morgan fingerprint density at radius 3 is 2.40 bits per heavy atom. The van der Waals surface area contributed by atoms with Crippen LogP contribution in [0.4, 0.5) is 8.78 Å². The number of nitrogens with zero attached hydrogens (tertiary/aromatic N) is 1. The fourth-order valence-corrected chi connectivity index (χ4v) is 1.77. The van der Waals surface area contributed by atoms with Gasteiger partial charge in [-0.3, -0.25) is 0 Å². The highest BCUT2D eigenvalue weighted by molar-refractivity contribution is 6.36. The van der Waals surface area contributed by atoms with Gasteiger partial charge in [-0.15, -0.1) is 0 Å². The number of aryl methyl sites for hydroxylation is 1. The van der Waals surface area contributed by atoms with Gasteiger partial charge in [0, 0.05) is 5.69 Å². The summed E-state index contributed by atoms with van der Waals surface area (Å²) >= 11 is 5.96. The zero-order valence-electron chi connectivity index (χ0n) is 8.24. The third-order valence-electron chi connectivity index (χ3n) is 2.45. The van der Waals surface area contributed by atoms with Crippen LogP contribution in [-0.4, -0.2) is 4.98 Å². The van der Waals surface area contributed by atoms with Crippen molar-refractivity contribution in [3.8, 4) is 0 Å². The molecular weight excluding hydrogens is 220 g/mol. The minimum atomic E-state index is -0.559. The van der Waals surface area contributed by atoms with Crippen LogP contribution in [0.15, 0.2) is 12.1 Å². The number of benzene rings is 1.